The zero-order chi connectivity index (χ0) is 15.4. The van der Waals surface area contributed by atoms with Crippen molar-refractivity contribution in [3.05, 3.63) is 48.4 Å². The Kier molecular flexibility index (Phi) is 4.27. The number of halogens is 1. The molecule has 0 bridgehead atoms. The molecule has 2 heterocycles. The minimum absolute atomic E-state index is 0.0415. The molecule has 0 spiro atoms. The molecular formula is C16H17FN4O. The van der Waals surface area contributed by atoms with Gasteiger partial charge in [0.25, 0.3) is 0 Å². The maximum atomic E-state index is 12.9. The van der Waals surface area contributed by atoms with Crippen molar-refractivity contribution in [2.24, 2.45) is 5.92 Å². The summed E-state index contributed by atoms with van der Waals surface area (Å²) in [5, 5.41) is 10.8. The molecule has 1 N–H and O–H groups in total. The van der Waals surface area contributed by atoms with Gasteiger partial charge in [-0.1, -0.05) is 0 Å². The van der Waals surface area contributed by atoms with Crippen LogP contribution in [-0.4, -0.2) is 29.2 Å². The Morgan fingerprint density at radius 3 is 2.82 bits per heavy atom. The second-order valence-corrected chi connectivity index (χ2v) is 5.36. The van der Waals surface area contributed by atoms with E-state index in [-0.39, 0.29) is 17.6 Å². The predicted octanol–water partition coefficient (Wildman–Crippen LogP) is 2.47. The van der Waals surface area contributed by atoms with Crippen molar-refractivity contribution in [3.8, 4) is 0 Å². The van der Waals surface area contributed by atoms with Gasteiger partial charge in [-0.25, -0.2) is 4.39 Å². The zero-order valence-electron chi connectivity index (χ0n) is 12.1. The summed E-state index contributed by atoms with van der Waals surface area (Å²) in [7, 11) is 0. The Balaban J connectivity index is 1.64. The van der Waals surface area contributed by atoms with Crippen LogP contribution in [-0.2, 0) is 4.79 Å². The second kappa shape index (κ2) is 6.51. The first-order valence-corrected chi connectivity index (χ1v) is 7.31. The summed E-state index contributed by atoms with van der Waals surface area (Å²) in [6.45, 7) is 1.49. The molecule has 1 saturated heterocycles. The van der Waals surface area contributed by atoms with Gasteiger partial charge in [-0.3, -0.25) is 4.79 Å². The van der Waals surface area contributed by atoms with Gasteiger partial charge in [-0.15, -0.1) is 5.10 Å². The molecule has 114 valence electrons. The Bertz CT molecular complexity index is 632. The van der Waals surface area contributed by atoms with Gasteiger partial charge in [0.2, 0.25) is 5.91 Å². The van der Waals surface area contributed by atoms with Gasteiger partial charge >= 0.3 is 0 Å². The van der Waals surface area contributed by atoms with Crippen LogP contribution in [0.2, 0.25) is 0 Å². The molecule has 6 heteroatoms. The van der Waals surface area contributed by atoms with Crippen molar-refractivity contribution < 1.29 is 9.18 Å². The predicted molar refractivity (Wildman–Crippen MR) is 82.0 cm³/mol. The van der Waals surface area contributed by atoms with Crippen LogP contribution in [0.4, 0.5) is 15.9 Å². The highest BCUT2D eigenvalue weighted by molar-refractivity contribution is 5.93. The molecule has 5 nitrogen and oxygen atoms in total. The average molecular weight is 300 g/mol. The first-order valence-electron chi connectivity index (χ1n) is 7.31. The number of aromatic nitrogens is 2. The van der Waals surface area contributed by atoms with E-state index in [1.807, 2.05) is 12.1 Å². The van der Waals surface area contributed by atoms with Gasteiger partial charge in [0.1, 0.15) is 5.82 Å². The molecule has 1 aliphatic heterocycles. The molecule has 0 unspecified atom stereocenters. The van der Waals surface area contributed by atoms with Gasteiger partial charge in [0.15, 0.2) is 5.82 Å². The van der Waals surface area contributed by atoms with Crippen molar-refractivity contribution in [2.75, 3.05) is 23.3 Å². The topological polar surface area (TPSA) is 58.1 Å². The number of benzene rings is 1. The van der Waals surface area contributed by atoms with Crippen molar-refractivity contribution in [2.45, 2.75) is 12.8 Å². The van der Waals surface area contributed by atoms with Gasteiger partial charge in [0.05, 0.1) is 5.92 Å². The summed E-state index contributed by atoms with van der Waals surface area (Å²) >= 11 is 0. The smallest absolute Gasteiger partial charge is 0.229 e. The first kappa shape index (κ1) is 14.4. The highest BCUT2D eigenvalue weighted by atomic mass is 19.1. The van der Waals surface area contributed by atoms with E-state index in [9.17, 15) is 9.18 Å². The number of hydrogen-bond donors (Lipinski definition) is 1. The standard InChI is InChI=1S/C16H17FN4O/c17-13-5-7-14(8-6-13)19-16(22)12-3-2-10-21(11-12)15-4-1-9-18-20-15/h1,4-9,12H,2-3,10-11H2,(H,19,22)/t12-/m0/s1. The summed E-state index contributed by atoms with van der Waals surface area (Å²) in [5.41, 5.74) is 0.614. The van der Waals surface area contributed by atoms with Crippen LogP contribution in [0, 0.1) is 11.7 Å². The van der Waals surface area contributed by atoms with Crippen LogP contribution in [0.25, 0.3) is 0 Å². The molecule has 1 amide bonds. The van der Waals surface area contributed by atoms with Crippen LogP contribution in [0.3, 0.4) is 0 Å². The molecule has 0 saturated carbocycles. The average Bonchev–Trinajstić information content (AvgIpc) is 2.58. The molecule has 1 fully saturated rings. The first-order chi connectivity index (χ1) is 10.7. The van der Waals surface area contributed by atoms with Crippen LogP contribution >= 0.6 is 0 Å². The SMILES string of the molecule is O=C(Nc1ccc(F)cc1)[C@H]1CCCN(c2cccnn2)C1. The fourth-order valence-corrected chi connectivity index (χ4v) is 2.64. The van der Waals surface area contributed by atoms with Gasteiger partial charge < -0.3 is 10.2 Å². The van der Waals surface area contributed by atoms with E-state index in [1.165, 1.54) is 12.1 Å². The summed E-state index contributed by atoms with van der Waals surface area (Å²) in [6, 6.07) is 9.54. The zero-order valence-corrected chi connectivity index (χ0v) is 12.1. The van der Waals surface area contributed by atoms with E-state index in [0.717, 1.165) is 25.2 Å². The van der Waals surface area contributed by atoms with E-state index >= 15 is 0 Å². The number of carbonyl (C=O) groups is 1. The Hall–Kier alpha value is -2.50. The fourth-order valence-electron chi connectivity index (χ4n) is 2.64. The number of nitrogens with one attached hydrogen (secondary N) is 1. The Labute approximate surface area is 128 Å². The largest absolute Gasteiger partial charge is 0.354 e. The minimum Gasteiger partial charge on any atom is -0.354 e. The Morgan fingerprint density at radius 1 is 1.27 bits per heavy atom. The number of anilines is 2. The van der Waals surface area contributed by atoms with Crippen LogP contribution in [0.1, 0.15) is 12.8 Å². The lowest BCUT2D eigenvalue weighted by atomic mass is 9.97. The summed E-state index contributed by atoms with van der Waals surface area (Å²) in [6.07, 6.45) is 3.40. The molecule has 22 heavy (non-hydrogen) atoms. The van der Waals surface area contributed by atoms with E-state index in [0.29, 0.717) is 12.2 Å². The molecule has 2 aromatic rings. The third-order valence-corrected chi connectivity index (χ3v) is 3.79. The van der Waals surface area contributed by atoms with Gasteiger partial charge in [-0.05, 0) is 49.2 Å². The van der Waals surface area contributed by atoms with Crippen LogP contribution in [0.15, 0.2) is 42.6 Å². The van der Waals surface area contributed by atoms with Crippen LogP contribution in [0.5, 0.6) is 0 Å². The maximum absolute atomic E-state index is 12.9. The number of amides is 1. The van der Waals surface area contributed by atoms with E-state index in [4.69, 9.17) is 0 Å². The monoisotopic (exact) mass is 300 g/mol. The molecule has 1 aromatic heterocycles. The summed E-state index contributed by atoms with van der Waals surface area (Å²) < 4.78 is 12.9. The second-order valence-electron chi connectivity index (χ2n) is 5.36. The van der Waals surface area contributed by atoms with E-state index < -0.39 is 0 Å². The summed E-state index contributed by atoms with van der Waals surface area (Å²) in [4.78, 5) is 14.4. The molecule has 0 radical (unpaired) electrons. The molecule has 0 aliphatic carbocycles. The quantitative estimate of drug-likeness (QED) is 0.946. The number of piperidine rings is 1. The minimum atomic E-state index is -0.315. The molecule has 1 aromatic carbocycles. The van der Waals surface area contributed by atoms with Gasteiger partial charge in [0, 0.05) is 25.0 Å². The van der Waals surface area contributed by atoms with Crippen molar-refractivity contribution in [3.63, 3.8) is 0 Å². The van der Waals surface area contributed by atoms with Crippen molar-refractivity contribution >= 4 is 17.4 Å². The molecular weight excluding hydrogens is 283 g/mol. The lowest BCUT2D eigenvalue weighted by Crippen LogP contribution is -2.41. The van der Waals surface area contributed by atoms with Crippen LogP contribution < -0.4 is 10.2 Å². The highest BCUT2D eigenvalue weighted by Gasteiger charge is 2.26. The van der Waals surface area contributed by atoms with Crippen molar-refractivity contribution in [1.82, 2.24) is 10.2 Å². The lowest BCUT2D eigenvalue weighted by Gasteiger charge is -2.32. The lowest BCUT2D eigenvalue weighted by molar-refractivity contribution is -0.120. The molecule has 3 rings (SSSR count). The summed E-state index contributed by atoms with van der Waals surface area (Å²) in [5.74, 6) is 0.326. The van der Waals surface area contributed by atoms with E-state index in [1.54, 1.807) is 18.3 Å². The normalized spacial score (nSPS) is 18.0. The molecule has 1 atom stereocenters. The Morgan fingerprint density at radius 2 is 2.09 bits per heavy atom. The number of nitrogens with zero attached hydrogens (tertiary/aromatic N) is 3. The maximum Gasteiger partial charge on any atom is 0.229 e. The number of carbonyl (C=O) groups excluding carboxylic acids is 1. The molecule has 1 aliphatic rings. The third-order valence-electron chi connectivity index (χ3n) is 3.79. The van der Waals surface area contributed by atoms with Crippen molar-refractivity contribution in [1.29, 1.82) is 0 Å². The number of rotatable bonds is 3. The van der Waals surface area contributed by atoms with E-state index in [2.05, 4.69) is 20.4 Å². The van der Waals surface area contributed by atoms with Gasteiger partial charge in [-0.2, -0.15) is 5.10 Å². The number of hydrogen-bond acceptors (Lipinski definition) is 4. The third kappa shape index (κ3) is 3.39. The highest BCUT2D eigenvalue weighted by Crippen LogP contribution is 2.22. The fraction of sp³-hybridized carbons (Fsp3) is 0.312.